The Morgan fingerprint density at radius 1 is 1.38 bits per heavy atom. The molecule has 0 saturated carbocycles. The number of benzene rings is 1. The molecule has 0 radical (unpaired) electrons. The highest BCUT2D eigenvalue weighted by atomic mass is 16.1. The standard InChI is InChI=1S/C15H19N5O/c1-10(21)17-11-5-4-8-20(9-11)15-18-13-7-3-2-6-12(13)14(16)19-15/h2-3,6-7,11H,4-5,8-9H2,1H3,(H,17,21)(H2,16,18,19). The summed E-state index contributed by atoms with van der Waals surface area (Å²) in [7, 11) is 0. The van der Waals surface area contributed by atoms with Gasteiger partial charge in [-0.3, -0.25) is 4.79 Å². The molecule has 1 aromatic carbocycles. The van der Waals surface area contributed by atoms with Gasteiger partial charge in [0, 0.05) is 31.4 Å². The van der Waals surface area contributed by atoms with Crippen LogP contribution in [0.1, 0.15) is 19.8 Å². The zero-order chi connectivity index (χ0) is 14.8. The van der Waals surface area contributed by atoms with Crippen LogP contribution in [0.3, 0.4) is 0 Å². The molecular weight excluding hydrogens is 266 g/mol. The number of hydrogen-bond acceptors (Lipinski definition) is 5. The Kier molecular flexibility index (Phi) is 3.60. The summed E-state index contributed by atoms with van der Waals surface area (Å²) in [6.45, 7) is 3.15. The van der Waals surface area contributed by atoms with E-state index in [4.69, 9.17) is 5.73 Å². The number of rotatable bonds is 2. The molecule has 3 rings (SSSR count). The molecular formula is C15H19N5O. The van der Waals surface area contributed by atoms with E-state index in [-0.39, 0.29) is 11.9 Å². The maximum absolute atomic E-state index is 11.2. The number of carbonyl (C=O) groups excluding carboxylic acids is 1. The molecule has 1 saturated heterocycles. The van der Waals surface area contributed by atoms with Gasteiger partial charge in [0.05, 0.1) is 5.52 Å². The number of nitrogens with two attached hydrogens (primary N) is 1. The highest BCUT2D eigenvalue weighted by Crippen LogP contribution is 2.23. The normalized spacial score (nSPS) is 18.7. The zero-order valence-corrected chi connectivity index (χ0v) is 12.0. The van der Waals surface area contributed by atoms with E-state index < -0.39 is 0 Å². The van der Waals surface area contributed by atoms with Crippen LogP contribution in [0.15, 0.2) is 24.3 Å². The van der Waals surface area contributed by atoms with Crippen LogP contribution < -0.4 is 16.0 Å². The third-order valence-corrected chi connectivity index (χ3v) is 3.73. The van der Waals surface area contributed by atoms with E-state index in [9.17, 15) is 4.79 Å². The highest BCUT2D eigenvalue weighted by molar-refractivity contribution is 5.88. The molecule has 6 nitrogen and oxygen atoms in total. The Hall–Kier alpha value is -2.37. The van der Waals surface area contributed by atoms with Gasteiger partial charge in [0.2, 0.25) is 11.9 Å². The molecule has 1 unspecified atom stereocenters. The summed E-state index contributed by atoms with van der Waals surface area (Å²) < 4.78 is 0. The second-order valence-electron chi connectivity index (χ2n) is 5.41. The summed E-state index contributed by atoms with van der Waals surface area (Å²) in [5.41, 5.74) is 6.88. The molecule has 110 valence electrons. The van der Waals surface area contributed by atoms with Gasteiger partial charge in [0.1, 0.15) is 5.82 Å². The van der Waals surface area contributed by atoms with E-state index in [1.54, 1.807) is 6.92 Å². The number of nitrogens with zero attached hydrogens (tertiary/aromatic N) is 3. The summed E-state index contributed by atoms with van der Waals surface area (Å²) in [6, 6.07) is 7.87. The molecule has 1 aromatic heterocycles. The third-order valence-electron chi connectivity index (χ3n) is 3.73. The van der Waals surface area contributed by atoms with E-state index in [2.05, 4.69) is 20.2 Å². The van der Waals surface area contributed by atoms with Gasteiger partial charge >= 0.3 is 0 Å². The Labute approximate surface area is 123 Å². The van der Waals surface area contributed by atoms with Crippen LogP contribution in [-0.2, 0) is 4.79 Å². The first-order valence-corrected chi connectivity index (χ1v) is 7.18. The minimum atomic E-state index is 0.000735. The number of hydrogen-bond donors (Lipinski definition) is 2. The van der Waals surface area contributed by atoms with E-state index in [1.165, 1.54) is 0 Å². The smallest absolute Gasteiger partial charge is 0.227 e. The van der Waals surface area contributed by atoms with Crippen LogP contribution in [0.2, 0.25) is 0 Å². The van der Waals surface area contributed by atoms with E-state index in [1.807, 2.05) is 24.3 Å². The number of piperidine rings is 1. The van der Waals surface area contributed by atoms with Crippen molar-refractivity contribution in [2.75, 3.05) is 23.7 Å². The summed E-state index contributed by atoms with van der Waals surface area (Å²) >= 11 is 0. The highest BCUT2D eigenvalue weighted by Gasteiger charge is 2.22. The van der Waals surface area contributed by atoms with Crippen molar-refractivity contribution in [3.05, 3.63) is 24.3 Å². The average Bonchev–Trinajstić information content (AvgIpc) is 2.47. The fraction of sp³-hybridized carbons (Fsp3) is 0.400. The van der Waals surface area contributed by atoms with Crippen LogP contribution in [0.4, 0.5) is 11.8 Å². The summed E-state index contributed by atoms with van der Waals surface area (Å²) in [5, 5.41) is 3.84. The summed E-state index contributed by atoms with van der Waals surface area (Å²) in [5.74, 6) is 1.14. The predicted molar refractivity (Wildman–Crippen MR) is 83.0 cm³/mol. The van der Waals surface area contributed by atoms with Crippen LogP contribution >= 0.6 is 0 Å². The number of aromatic nitrogens is 2. The lowest BCUT2D eigenvalue weighted by Crippen LogP contribution is -2.47. The molecule has 0 spiro atoms. The van der Waals surface area contributed by atoms with Crippen molar-refractivity contribution < 1.29 is 4.79 Å². The second kappa shape index (κ2) is 5.55. The van der Waals surface area contributed by atoms with Gasteiger partial charge in [-0.25, -0.2) is 4.98 Å². The quantitative estimate of drug-likeness (QED) is 0.869. The molecule has 1 aliphatic heterocycles. The molecule has 0 aliphatic carbocycles. The van der Waals surface area contributed by atoms with Crippen LogP contribution in [0.5, 0.6) is 0 Å². The van der Waals surface area contributed by atoms with Gasteiger partial charge in [-0.05, 0) is 25.0 Å². The summed E-state index contributed by atoms with van der Waals surface area (Å²) in [4.78, 5) is 22.3. The molecule has 21 heavy (non-hydrogen) atoms. The molecule has 1 aliphatic rings. The maximum atomic E-state index is 11.2. The number of para-hydroxylation sites is 1. The van der Waals surface area contributed by atoms with Crippen molar-refractivity contribution in [2.24, 2.45) is 0 Å². The maximum Gasteiger partial charge on any atom is 0.227 e. The fourth-order valence-electron chi connectivity index (χ4n) is 2.79. The van der Waals surface area contributed by atoms with Gasteiger partial charge in [0.15, 0.2) is 0 Å². The number of carbonyl (C=O) groups is 1. The Morgan fingerprint density at radius 2 is 2.19 bits per heavy atom. The van der Waals surface area contributed by atoms with Gasteiger partial charge in [-0.15, -0.1) is 0 Å². The Bertz CT molecular complexity index is 672. The van der Waals surface area contributed by atoms with Crippen molar-refractivity contribution in [1.29, 1.82) is 0 Å². The molecule has 1 amide bonds. The fourth-order valence-corrected chi connectivity index (χ4v) is 2.79. The minimum Gasteiger partial charge on any atom is -0.383 e. The van der Waals surface area contributed by atoms with Gasteiger partial charge in [0.25, 0.3) is 0 Å². The van der Waals surface area contributed by atoms with Crippen molar-refractivity contribution in [1.82, 2.24) is 15.3 Å². The van der Waals surface area contributed by atoms with Crippen LogP contribution in [0.25, 0.3) is 10.9 Å². The number of nitrogens with one attached hydrogen (secondary N) is 1. The molecule has 1 atom stereocenters. The monoisotopic (exact) mass is 285 g/mol. The topological polar surface area (TPSA) is 84.1 Å². The molecule has 3 N–H and O–H groups in total. The molecule has 0 bridgehead atoms. The second-order valence-corrected chi connectivity index (χ2v) is 5.41. The van der Waals surface area contributed by atoms with E-state index >= 15 is 0 Å². The Morgan fingerprint density at radius 3 is 3.00 bits per heavy atom. The lowest BCUT2D eigenvalue weighted by Gasteiger charge is -2.33. The van der Waals surface area contributed by atoms with Gasteiger partial charge in [-0.1, -0.05) is 12.1 Å². The lowest BCUT2D eigenvalue weighted by molar-refractivity contribution is -0.119. The molecule has 1 fully saturated rings. The predicted octanol–water partition coefficient (Wildman–Crippen LogP) is 1.32. The third kappa shape index (κ3) is 2.89. The molecule has 6 heteroatoms. The number of amides is 1. The van der Waals surface area contributed by atoms with Crippen molar-refractivity contribution in [3.63, 3.8) is 0 Å². The first-order chi connectivity index (χ1) is 10.1. The van der Waals surface area contributed by atoms with Crippen molar-refractivity contribution in [2.45, 2.75) is 25.8 Å². The van der Waals surface area contributed by atoms with Crippen LogP contribution in [-0.4, -0.2) is 35.0 Å². The number of nitrogen functional groups attached to an aromatic ring is 1. The minimum absolute atomic E-state index is 0.000735. The first-order valence-electron chi connectivity index (χ1n) is 7.18. The van der Waals surface area contributed by atoms with Crippen molar-refractivity contribution in [3.8, 4) is 0 Å². The molecule has 2 heterocycles. The lowest BCUT2D eigenvalue weighted by atomic mass is 10.1. The Balaban J connectivity index is 1.87. The van der Waals surface area contributed by atoms with E-state index in [0.717, 1.165) is 36.8 Å². The number of fused-ring (bicyclic) bond motifs is 1. The molecule has 2 aromatic rings. The summed E-state index contributed by atoms with van der Waals surface area (Å²) in [6.07, 6.45) is 1.99. The first kappa shape index (κ1) is 13.6. The van der Waals surface area contributed by atoms with Gasteiger partial charge in [-0.2, -0.15) is 4.98 Å². The number of anilines is 2. The van der Waals surface area contributed by atoms with Crippen molar-refractivity contribution >= 4 is 28.6 Å². The average molecular weight is 285 g/mol. The zero-order valence-electron chi connectivity index (χ0n) is 12.0. The van der Waals surface area contributed by atoms with Gasteiger partial charge < -0.3 is 16.0 Å². The largest absolute Gasteiger partial charge is 0.383 e. The van der Waals surface area contributed by atoms with E-state index in [0.29, 0.717) is 11.8 Å². The van der Waals surface area contributed by atoms with Crippen LogP contribution in [0, 0.1) is 0 Å². The SMILES string of the molecule is CC(=O)NC1CCCN(c2nc(N)c3ccccc3n2)C1.